The van der Waals surface area contributed by atoms with E-state index in [1.165, 1.54) is 4.68 Å². The Morgan fingerprint density at radius 3 is 2.36 bits per heavy atom. The van der Waals surface area contributed by atoms with E-state index < -0.39 is 17.5 Å². The Kier molecular flexibility index (Phi) is 3.64. The summed E-state index contributed by atoms with van der Waals surface area (Å²) in [4.78, 5) is 0. The summed E-state index contributed by atoms with van der Waals surface area (Å²) in [5.41, 5.74) is 6.54. The fourth-order valence-electron chi connectivity index (χ4n) is 2.18. The number of benzene rings is 2. The van der Waals surface area contributed by atoms with Crippen LogP contribution in [0.15, 0.2) is 42.5 Å². The quantitative estimate of drug-likeness (QED) is 0.757. The van der Waals surface area contributed by atoms with Crippen molar-refractivity contribution >= 4 is 0 Å². The normalized spacial score (nSPS) is 10.9. The Morgan fingerprint density at radius 1 is 0.955 bits per heavy atom. The molecular formula is C15H11F3N4. The van der Waals surface area contributed by atoms with E-state index in [0.29, 0.717) is 5.69 Å². The van der Waals surface area contributed by atoms with E-state index >= 15 is 0 Å². The summed E-state index contributed by atoms with van der Waals surface area (Å²) in [7, 11) is 0. The zero-order valence-corrected chi connectivity index (χ0v) is 11.3. The molecule has 2 N–H and O–H groups in total. The SMILES string of the molecule is NCc1nnn(-c2ccccc2)c1-c1ccc(F)c(F)c1F. The van der Waals surface area contributed by atoms with Gasteiger partial charge in [0.2, 0.25) is 0 Å². The first-order valence-corrected chi connectivity index (χ1v) is 6.47. The van der Waals surface area contributed by atoms with Gasteiger partial charge < -0.3 is 5.73 Å². The van der Waals surface area contributed by atoms with Crippen LogP contribution in [0.3, 0.4) is 0 Å². The monoisotopic (exact) mass is 304 g/mol. The lowest BCUT2D eigenvalue weighted by molar-refractivity contribution is 0.448. The Hall–Kier alpha value is -2.67. The second-order valence-electron chi connectivity index (χ2n) is 4.56. The van der Waals surface area contributed by atoms with Crippen molar-refractivity contribution in [2.24, 2.45) is 5.73 Å². The highest BCUT2D eigenvalue weighted by Gasteiger charge is 2.22. The van der Waals surface area contributed by atoms with Crippen LogP contribution in [0.4, 0.5) is 13.2 Å². The van der Waals surface area contributed by atoms with Crippen molar-refractivity contribution in [2.45, 2.75) is 6.54 Å². The molecule has 0 unspecified atom stereocenters. The van der Waals surface area contributed by atoms with Gasteiger partial charge in [-0.25, -0.2) is 17.9 Å². The summed E-state index contributed by atoms with van der Waals surface area (Å²) in [6.07, 6.45) is 0. The average Bonchev–Trinajstić information content (AvgIpc) is 2.97. The third kappa shape index (κ3) is 2.25. The van der Waals surface area contributed by atoms with Gasteiger partial charge in [-0.15, -0.1) is 5.10 Å². The maximum absolute atomic E-state index is 14.1. The first-order valence-electron chi connectivity index (χ1n) is 6.47. The third-order valence-corrected chi connectivity index (χ3v) is 3.22. The first-order chi connectivity index (χ1) is 10.6. The van der Waals surface area contributed by atoms with Crippen LogP contribution < -0.4 is 5.73 Å². The Morgan fingerprint density at radius 2 is 1.68 bits per heavy atom. The molecule has 0 atom stereocenters. The number of nitrogens with zero attached hydrogens (tertiary/aromatic N) is 3. The molecule has 4 nitrogen and oxygen atoms in total. The van der Waals surface area contributed by atoms with Crippen LogP contribution >= 0.6 is 0 Å². The molecule has 7 heteroatoms. The molecule has 0 saturated heterocycles. The second kappa shape index (κ2) is 5.61. The number of aromatic nitrogens is 3. The molecule has 0 aliphatic carbocycles. The zero-order chi connectivity index (χ0) is 15.7. The number of hydrogen-bond donors (Lipinski definition) is 1. The van der Waals surface area contributed by atoms with Crippen LogP contribution in [-0.4, -0.2) is 15.0 Å². The maximum atomic E-state index is 14.1. The molecule has 2 aromatic carbocycles. The van der Waals surface area contributed by atoms with Crippen molar-refractivity contribution < 1.29 is 13.2 Å². The summed E-state index contributed by atoms with van der Waals surface area (Å²) in [6.45, 7) is -0.0133. The van der Waals surface area contributed by atoms with Crippen LogP contribution in [-0.2, 0) is 6.54 Å². The molecule has 0 fully saturated rings. The fourth-order valence-corrected chi connectivity index (χ4v) is 2.18. The molecule has 0 amide bonds. The lowest BCUT2D eigenvalue weighted by Crippen LogP contribution is -2.05. The molecule has 0 bridgehead atoms. The van der Waals surface area contributed by atoms with Crippen molar-refractivity contribution in [1.82, 2.24) is 15.0 Å². The number of nitrogens with two attached hydrogens (primary N) is 1. The van der Waals surface area contributed by atoms with Crippen LogP contribution in [0.5, 0.6) is 0 Å². The molecule has 0 radical (unpaired) electrons. The molecule has 1 heterocycles. The number of halogens is 3. The minimum absolute atomic E-state index is 0.0133. The molecular weight excluding hydrogens is 293 g/mol. The summed E-state index contributed by atoms with van der Waals surface area (Å²) >= 11 is 0. The van der Waals surface area contributed by atoms with Crippen molar-refractivity contribution in [2.75, 3.05) is 0 Å². The van der Waals surface area contributed by atoms with Gasteiger partial charge in [0, 0.05) is 12.1 Å². The fraction of sp³-hybridized carbons (Fsp3) is 0.0667. The Balaban J connectivity index is 2.27. The van der Waals surface area contributed by atoms with Crippen LogP contribution in [0.25, 0.3) is 16.9 Å². The Labute approximate surface area is 124 Å². The third-order valence-electron chi connectivity index (χ3n) is 3.22. The van der Waals surface area contributed by atoms with Crippen LogP contribution in [0.2, 0.25) is 0 Å². The molecule has 3 rings (SSSR count). The van der Waals surface area contributed by atoms with Gasteiger partial charge in [-0.2, -0.15) is 0 Å². The van der Waals surface area contributed by atoms with Gasteiger partial charge in [0.15, 0.2) is 17.5 Å². The van der Waals surface area contributed by atoms with E-state index in [1.54, 1.807) is 24.3 Å². The van der Waals surface area contributed by atoms with Crippen molar-refractivity contribution in [3.63, 3.8) is 0 Å². The Bertz CT molecular complexity index is 815. The molecule has 3 aromatic rings. The molecule has 0 spiro atoms. The summed E-state index contributed by atoms with van der Waals surface area (Å²) in [6, 6.07) is 10.8. The van der Waals surface area contributed by atoms with E-state index in [0.717, 1.165) is 12.1 Å². The van der Waals surface area contributed by atoms with E-state index in [-0.39, 0.29) is 23.5 Å². The zero-order valence-electron chi connectivity index (χ0n) is 11.3. The average molecular weight is 304 g/mol. The van der Waals surface area contributed by atoms with Gasteiger partial charge in [0.1, 0.15) is 11.4 Å². The van der Waals surface area contributed by atoms with Gasteiger partial charge in [-0.05, 0) is 24.3 Å². The van der Waals surface area contributed by atoms with Gasteiger partial charge in [-0.3, -0.25) is 0 Å². The van der Waals surface area contributed by atoms with E-state index in [2.05, 4.69) is 10.3 Å². The summed E-state index contributed by atoms with van der Waals surface area (Å²) < 4.78 is 42.1. The topological polar surface area (TPSA) is 56.7 Å². The number of rotatable bonds is 3. The minimum atomic E-state index is -1.54. The highest BCUT2D eigenvalue weighted by atomic mass is 19.2. The van der Waals surface area contributed by atoms with Crippen molar-refractivity contribution in [3.05, 3.63) is 65.6 Å². The molecule has 0 aliphatic rings. The highest BCUT2D eigenvalue weighted by Crippen LogP contribution is 2.29. The molecule has 0 aliphatic heterocycles. The standard InChI is InChI=1S/C15H11F3N4/c16-11-7-6-10(13(17)14(11)18)15-12(8-19)20-21-22(15)9-4-2-1-3-5-9/h1-7H,8,19H2. The highest BCUT2D eigenvalue weighted by molar-refractivity contribution is 5.65. The lowest BCUT2D eigenvalue weighted by Gasteiger charge is -2.09. The largest absolute Gasteiger partial charge is 0.325 e. The maximum Gasteiger partial charge on any atom is 0.195 e. The first kappa shape index (κ1) is 14.3. The molecule has 1 aromatic heterocycles. The van der Waals surface area contributed by atoms with E-state index in [9.17, 15) is 13.2 Å². The molecule has 0 saturated carbocycles. The minimum Gasteiger partial charge on any atom is -0.325 e. The predicted molar refractivity (Wildman–Crippen MR) is 74.6 cm³/mol. The number of hydrogen-bond acceptors (Lipinski definition) is 3. The van der Waals surface area contributed by atoms with Crippen LogP contribution in [0.1, 0.15) is 5.69 Å². The van der Waals surface area contributed by atoms with Gasteiger partial charge in [-0.1, -0.05) is 23.4 Å². The van der Waals surface area contributed by atoms with E-state index in [1.807, 2.05) is 6.07 Å². The molecule has 22 heavy (non-hydrogen) atoms. The smallest absolute Gasteiger partial charge is 0.195 e. The molecule has 112 valence electrons. The van der Waals surface area contributed by atoms with Gasteiger partial charge in [0.25, 0.3) is 0 Å². The summed E-state index contributed by atoms with van der Waals surface area (Å²) in [5.74, 6) is -4.09. The van der Waals surface area contributed by atoms with Gasteiger partial charge >= 0.3 is 0 Å². The van der Waals surface area contributed by atoms with E-state index in [4.69, 9.17) is 5.73 Å². The van der Waals surface area contributed by atoms with Crippen LogP contribution in [0, 0.1) is 17.5 Å². The summed E-state index contributed by atoms with van der Waals surface area (Å²) in [5, 5.41) is 7.82. The predicted octanol–water partition coefficient (Wildman–Crippen LogP) is 2.81. The van der Waals surface area contributed by atoms with Crippen molar-refractivity contribution in [3.8, 4) is 16.9 Å². The number of para-hydroxylation sites is 1. The van der Waals surface area contributed by atoms with Gasteiger partial charge in [0.05, 0.1) is 5.69 Å². The van der Waals surface area contributed by atoms with Crippen molar-refractivity contribution in [1.29, 1.82) is 0 Å². The second-order valence-corrected chi connectivity index (χ2v) is 4.56. The lowest BCUT2D eigenvalue weighted by atomic mass is 10.1.